The number of alkyl halides is 3. The van der Waals surface area contributed by atoms with E-state index in [2.05, 4.69) is 5.32 Å². The van der Waals surface area contributed by atoms with E-state index < -0.39 is 34.4 Å². The molecule has 0 aromatic rings. The number of carbonyl (C=O) groups is 1. The molecule has 0 aliphatic carbocycles. The Morgan fingerprint density at radius 1 is 1.44 bits per heavy atom. The minimum Gasteiger partial charge on any atom is -0.352 e. The van der Waals surface area contributed by atoms with Crippen molar-refractivity contribution in [1.82, 2.24) is 5.32 Å². The fraction of sp³-hybridized carbons (Fsp3) is 0.583. The van der Waals surface area contributed by atoms with Crippen molar-refractivity contribution in [3.8, 4) is 0 Å². The maximum Gasteiger partial charge on any atom is 0.416 e. The summed E-state index contributed by atoms with van der Waals surface area (Å²) in [7, 11) is 0. The highest BCUT2D eigenvalue weighted by atomic mass is 19.4. The number of hydrogen-bond acceptors (Lipinski definition) is 2. The average molecular weight is 262 g/mol. The van der Waals surface area contributed by atoms with Gasteiger partial charge in [0.1, 0.15) is 11.2 Å². The second kappa shape index (κ2) is 3.60. The number of ether oxygens (including phenoxy) is 1. The number of nitrogens with one attached hydrogen (secondary N) is 1. The molecule has 100 valence electrons. The standard InChI is InChI=1S/C12H14F3NO2/c1-4-16-9(17)7-8(12(13,14)15)11(3)6-5-10(7,2)18-11/h5-6H,4H2,1-3H3,(H,16,17)/i1D. The lowest BCUT2D eigenvalue weighted by Crippen LogP contribution is -2.37. The van der Waals surface area contributed by atoms with Gasteiger partial charge in [0.2, 0.25) is 0 Å². The summed E-state index contributed by atoms with van der Waals surface area (Å²) in [5.74, 6) is -0.824. The van der Waals surface area contributed by atoms with Crippen LogP contribution < -0.4 is 5.32 Å². The zero-order valence-corrected chi connectivity index (χ0v) is 10.0. The average Bonchev–Trinajstić information content (AvgIpc) is 2.70. The smallest absolute Gasteiger partial charge is 0.352 e. The van der Waals surface area contributed by atoms with Crippen molar-refractivity contribution in [3.63, 3.8) is 0 Å². The molecule has 1 amide bonds. The van der Waals surface area contributed by atoms with Gasteiger partial charge >= 0.3 is 6.18 Å². The van der Waals surface area contributed by atoms with Crippen LogP contribution in [-0.4, -0.2) is 29.8 Å². The van der Waals surface area contributed by atoms with E-state index in [-0.39, 0.29) is 13.4 Å². The number of rotatable bonds is 2. The van der Waals surface area contributed by atoms with Crippen LogP contribution in [0.4, 0.5) is 13.2 Å². The van der Waals surface area contributed by atoms with Crippen molar-refractivity contribution in [1.29, 1.82) is 0 Å². The Hall–Kier alpha value is -1.30. The van der Waals surface area contributed by atoms with Gasteiger partial charge in [0.15, 0.2) is 0 Å². The third-order valence-corrected chi connectivity index (χ3v) is 3.18. The molecule has 2 unspecified atom stereocenters. The summed E-state index contributed by atoms with van der Waals surface area (Å²) >= 11 is 0. The number of likely N-dealkylation sites (N-methyl/N-ethyl adjacent to an activating group) is 1. The molecular weight excluding hydrogens is 247 g/mol. The molecule has 2 rings (SSSR count). The molecular formula is C12H14F3NO2. The van der Waals surface area contributed by atoms with Crippen LogP contribution in [0.15, 0.2) is 23.3 Å². The first kappa shape index (κ1) is 11.8. The molecule has 2 aliphatic rings. The predicted molar refractivity (Wildman–Crippen MR) is 58.8 cm³/mol. The maximum absolute atomic E-state index is 13.2. The lowest BCUT2D eigenvalue weighted by Gasteiger charge is -2.23. The summed E-state index contributed by atoms with van der Waals surface area (Å²) in [6.45, 7) is 2.64. The summed E-state index contributed by atoms with van der Waals surface area (Å²) in [6.07, 6.45) is -1.83. The highest BCUT2D eigenvalue weighted by molar-refractivity contribution is 5.98. The van der Waals surface area contributed by atoms with Gasteiger partial charge in [-0.25, -0.2) is 0 Å². The molecule has 0 spiro atoms. The van der Waals surface area contributed by atoms with Crippen molar-refractivity contribution in [2.75, 3.05) is 6.54 Å². The van der Waals surface area contributed by atoms with E-state index >= 15 is 0 Å². The summed E-state index contributed by atoms with van der Waals surface area (Å²) in [5, 5.41) is 2.31. The molecule has 0 aromatic heterocycles. The van der Waals surface area contributed by atoms with Crippen LogP contribution in [0, 0.1) is 0 Å². The Morgan fingerprint density at radius 3 is 2.61 bits per heavy atom. The molecule has 3 nitrogen and oxygen atoms in total. The fourth-order valence-electron chi connectivity index (χ4n) is 2.56. The zero-order valence-electron chi connectivity index (χ0n) is 11.0. The molecule has 2 bridgehead atoms. The van der Waals surface area contributed by atoms with Gasteiger partial charge in [0, 0.05) is 7.92 Å². The Kier molecular flexibility index (Phi) is 2.35. The number of carbonyl (C=O) groups excluding carboxylic acids is 1. The van der Waals surface area contributed by atoms with Gasteiger partial charge in [-0.1, -0.05) is 0 Å². The highest BCUT2D eigenvalue weighted by Crippen LogP contribution is 2.54. The Morgan fingerprint density at radius 2 is 2.06 bits per heavy atom. The number of amides is 1. The summed E-state index contributed by atoms with van der Waals surface area (Å²) in [6, 6.07) is 0. The number of hydrogen-bond donors (Lipinski definition) is 1. The van der Waals surface area contributed by atoms with Gasteiger partial charge in [-0.3, -0.25) is 4.79 Å². The van der Waals surface area contributed by atoms with Gasteiger partial charge in [0.05, 0.1) is 11.1 Å². The van der Waals surface area contributed by atoms with Crippen LogP contribution in [0.1, 0.15) is 22.1 Å². The normalized spacial score (nSPS) is 35.1. The zero-order chi connectivity index (χ0) is 14.5. The first-order valence-corrected chi connectivity index (χ1v) is 5.44. The summed E-state index contributed by atoms with van der Waals surface area (Å²) in [5.41, 5.74) is -4.32. The highest BCUT2D eigenvalue weighted by Gasteiger charge is 2.62. The van der Waals surface area contributed by atoms with E-state index in [1.54, 1.807) is 0 Å². The van der Waals surface area contributed by atoms with Crippen molar-refractivity contribution >= 4 is 5.91 Å². The molecule has 6 heteroatoms. The largest absolute Gasteiger partial charge is 0.416 e. The van der Waals surface area contributed by atoms with Gasteiger partial charge in [-0.2, -0.15) is 13.2 Å². The van der Waals surface area contributed by atoms with Crippen molar-refractivity contribution < 1.29 is 24.1 Å². The van der Waals surface area contributed by atoms with Crippen LogP contribution in [0.5, 0.6) is 0 Å². The second-order valence-corrected chi connectivity index (χ2v) is 4.65. The molecule has 0 saturated carbocycles. The molecule has 2 atom stereocenters. The van der Waals surface area contributed by atoms with Crippen LogP contribution in [0.3, 0.4) is 0 Å². The first-order valence-electron chi connectivity index (χ1n) is 6.15. The van der Waals surface area contributed by atoms with Crippen molar-refractivity contribution in [2.45, 2.75) is 38.1 Å². The van der Waals surface area contributed by atoms with Crippen molar-refractivity contribution in [2.24, 2.45) is 0 Å². The second-order valence-electron chi connectivity index (χ2n) is 4.65. The van der Waals surface area contributed by atoms with E-state index in [0.717, 1.165) is 0 Å². The van der Waals surface area contributed by atoms with Crippen molar-refractivity contribution in [3.05, 3.63) is 23.3 Å². The van der Waals surface area contributed by atoms with E-state index in [0.29, 0.717) is 0 Å². The molecule has 0 fully saturated rings. The third kappa shape index (κ3) is 1.67. The summed E-state index contributed by atoms with van der Waals surface area (Å²) in [4.78, 5) is 11.9. The van der Waals surface area contributed by atoms with E-state index in [1.807, 2.05) is 0 Å². The quantitative estimate of drug-likeness (QED) is 0.774. The van der Waals surface area contributed by atoms with Gasteiger partial charge in [-0.15, -0.1) is 0 Å². The van der Waals surface area contributed by atoms with Crippen LogP contribution in [0.25, 0.3) is 0 Å². The van der Waals surface area contributed by atoms with Crippen LogP contribution >= 0.6 is 0 Å². The Bertz CT molecular complexity index is 486. The van der Waals surface area contributed by atoms with Gasteiger partial charge in [-0.05, 0) is 32.9 Å². The minimum absolute atomic E-state index is 0.00395. The SMILES string of the molecule is [2H]CCNC(=O)C1=C(C(F)(F)F)C2(C)C=CC1(C)O2. The number of fused-ring (bicyclic) bond motifs is 2. The lowest BCUT2D eigenvalue weighted by molar-refractivity contribution is -0.120. The monoisotopic (exact) mass is 262 g/mol. The maximum atomic E-state index is 13.2. The Labute approximate surface area is 104 Å². The molecule has 0 aromatic carbocycles. The van der Waals surface area contributed by atoms with Crippen LogP contribution in [0.2, 0.25) is 0 Å². The third-order valence-electron chi connectivity index (χ3n) is 3.18. The van der Waals surface area contributed by atoms with E-state index in [1.165, 1.54) is 26.0 Å². The molecule has 2 heterocycles. The topological polar surface area (TPSA) is 38.3 Å². The molecule has 1 N–H and O–H groups in total. The predicted octanol–water partition coefficient (Wildman–Crippen LogP) is 2.10. The molecule has 18 heavy (non-hydrogen) atoms. The first-order chi connectivity index (χ1) is 8.64. The Balaban J connectivity index is 2.48. The van der Waals surface area contributed by atoms with E-state index in [4.69, 9.17) is 6.11 Å². The van der Waals surface area contributed by atoms with Gasteiger partial charge in [0.25, 0.3) is 5.91 Å². The molecule has 0 saturated heterocycles. The van der Waals surface area contributed by atoms with Gasteiger partial charge < -0.3 is 10.1 Å². The lowest BCUT2D eigenvalue weighted by atomic mass is 9.82. The van der Waals surface area contributed by atoms with E-state index in [9.17, 15) is 18.0 Å². The summed E-state index contributed by atoms with van der Waals surface area (Å²) < 4.78 is 51.9. The molecule has 0 radical (unpaired) electrons. The van der Waals surface area contributed by atoms with Crippen LogP contribution in [-0.2, 0) is 9.53 Å². The minimum atomic E-state index is -4.63. The fourth-order valence-corrected chi connectivity index (χ4v) is 2.56. The number of halogens is 3. The molecule has 2 aliphatic heterocycles.